The standard InChI is InChI=1S/C17H20N4O2/c1-3-12(10-23-2)19-17-18-9-11-8-15(22)20-14-7-5-4-6-13(14)16(11)21-17/h4-7,9,12H,3,8,10H2,1-2H3,(H,20,22)(H,18,19,21). The Kier molecular flexibility index (Phi) is 4.52. The third-order valence-corrected chi connectivity index (χ3v) is 3.87. The largest absolute Gasteiger partial charge is 0.383 e. The van der Waals surface area contributed by atoms with Crippen molar-refractivity contribution in [3.05, 3.63) is 36.0 Å². The SMILES string of the molecule is CCC(COC)Nc1ncc2c(n1)-c1ccccc1NC(=O)C2. The summed E-state index contributed by atoms with van der Waals surface area (Å²) in [5.41, 5.74) is 3.32. The Morgan fingerprint density at radius 1 is 1.39 bits per heavy atom. The van der Waals surface area contributed by atoms with Gasteiger partial charge in [-0.3, -0.25) is 4.79 Å². The molecule has 0 fully saturated rings. The molecule has 1 aromatic carbocycles. The number of carbonyl (C=O) groups excluding carboxylic acids is 1. The van der Waals surface area contributed by atoms with Gasteiger partial charge in [-0.15, -0.1) is 0 Å². The monoisotopic (exact) mass is 312 g/mol. The lowest BCUT2D eigenvalue weighted by molar-refractivity contribution is -0.115. The summed E-state index contributed by atoms with van der Waals surface area (Å²) in [5.74, 6) is 0.503. The highest BCUT2D eigenvalue weighted by Gasteiger charge is 2.21. The number of para-hydroxylation sites is 1. The van der Waals surface area contributed by atoms with Gasteiger partial charge >= 0.3 is 0 Å². The van der Waals surface area contributed by atoms with Crippen LogP contribution in [0.3, 0.4) is 0 Å². The molecule has 1 atom stereocenters. The lowest BCUT2D eigenvalue weighted by Gasteiger charge is -2.17. The van der Waals surface area contributed by atoms with Gasteiger partial charge < -0.3 is 15.4 Å². The summed E-state index contributed by atoms with van der Waals surface area (Å²) in [7, 11) is 1.68. The van der Waals surface area contributed by atoms with Crippen LogP contribution in [0.2, 0.25) is 0 Å². The van der Waals surface area contributed by atoms with Gasteiger partial charge in [0.2, 0.25) is 11.9 Å². The highest BCUT2D eigenvalue weighted by molar-refractivity contribution is 5.99. The fourth-order valence-corrected chi connectivity index (χ4v) is 2.65. The van der Waals surface area contributed by atoms with E-state index in [-0.39, 0.29) is 18.4 Å². The van der Waals surface area contributed by atoms with E-state index in [9.17, 15) is 4.79 Å². The van der Waals surface area contributed by atoms with E-state index in [0.29, 0.717) is 12.6 Å². The number of fused-ring (bicyclic) bond motifs is 3. The Balaban J connectivity index is 1.99. The van der Waals surface area contributed by atoms with Gasteiger partial charge in [0.15, 0.2) is 0 Å². The Hall–Kier alpha value is -2.47. The molecule has 3 rings (SSSR count). The molecule has 1 unspecified atom stereocenters. The Bertz CT molecular complexity index is 717. The van der Waals surface area contributed by atoms with Gasteiger partial charge in [-0.1, -0.05) is 25.1 Å². The third-order valence-electron chi connectivity index (χ3n) is 3.87. The van der Waals surface area contributed by atoms with Crippen molar-refractivity contribution in [3.8, 4) is 11.3 Å². The molecular formula is C17H20N4O2. The van der Waals surface area contributed by atoms with Crippen LogP contribution in [-0.4, -0.2) is 35.6 Å². The molecule has 2 N–H and O–H groups in total. The van der Waals surface area contributed by atoms with Gasteiger partial charge in [0.1, 0.15) is 0 Å². The number of hydrogen-bond acceptors (Lipinski definition) is 5. The smallest absolute Gasteiger partial charge is 0.228 e. The lowest BCUT2D eigenvalue weighted by atomic mass is 10.1. The molecule has 0 saturated carbocycles. The van der Waals surface area contributed by atoms with E-state index in [0.717, 1.165) is 28.9 Å². The normalized spacial score (nSPS) is 14.3. The van der Waals surface area contributed by atoms with Gasteiger partial charge in [0, 0.05) is 24.4 Å². The molecular weight excluding hydrogens is 292 g/mol. The van der Waals surface area contributed by atoms with Crippen LogP contribution in [-0.2, 0) is 16.0 Å². The topological polar surface area (TPSA) is 76.1 Å². The summed E-state index contributed by atoms with van der Waals surface area (Å²) in [5, 5.41) is 6.20. The molecule has 0 spiro atoms. The Labute approximate surface area is 135 Å². The maximum atomic E-state index is 12.0. The fourth-order valence-electron chi connectivity index (χ4n) is 2.65. The number of aromatic nitrogens is 2. The van der Waals surface area contributed by atoms with Crippen molar-refractivity contribution in [3.63, 3.8) is 0 Å². The third kappa shape index (κ3) is 3.32. The quantitative estimate of drug-likeness (QED) is 0.887. The van der Waals surface area contributed by atoms with Crippen molar-refractivity contribution in [2.75, 3.05) is 24.4 Å². The number of benzene rings is 1. The summed E-state index contributed by atoms with van der Waals surface area (Å²) in [6.45, 7) is 2.67. The first-order chi connectivity index (χ1) is 11.2. The minimum atomic E-state index is -0.0497. The molecule has 0 radical (unpaired) electrons. The van der Waals surface area contributed by atoms with Crippen molar-refractivity contribution < 1.29 is 9.53 Å². The van der Waals surface area contributed by atoms with Gasteiger partial charge in [0.25, 0.3) is 0 Å². The second kappa shape index (κ2) is 6.75. The molecule has 1 aliphatic heterocycles. The summed E-state index contributed by atoms with van der Waals surface area (Å²) in [4.78, 5) is 21.0. The van der Waals surface area contributed by atoms with Crippen molar-refractivity contribution >= 4 is 17.5 Å². The predicted molar refractivity (Wildman–Crippen MR) is 89.4 cm³/mol. The zero-order valence-corrected chi connectivity index (χ0v) is 13.3. The molecule has 0 saturated heterocycles. The number of methoxy groups -OCH3 is 1. The average molecular weight is 312 g/mol. The first-order valence-corrected chi connectivity index (χ1v) is 7.72. The van der Waals surface area contributed by atoms with Gasteiger partial charge in [-0.25, -0.2) is 9.97 Å². The van der Waals surface area contributed by atoms with Gasteiger partial charge in [-0.2, -0.15) is 0 Å². The number of nitrogens with zero attached hydrogens (tertiary/aromatic N) is 2. The van der Waals surface area contributed by atoms with Crippen LogP contribution < -0.4 is 10.6 Å². The Morgan fingerprint density at radius 3 is 3.00 bits per heavy atom. The summed E-state index contributed by atoms with van der Waals surface area (Å²) < 4.78 is 5.20. The second-order valence-corrected chi connectivity index (χ2v) is 5.54. The number of anilines is 2. The van der Waals surface area contributed by atoms with Crippen molar-refractivity contribution in [2.24, 2.45) is 0 Å². The predicted octanol–water partition coefficient (Wildman–Crippen LogP) is 2.48. The first kappa shape index (κ1) is 15.4. The number of rotatable bonds is 5. The molecule has 0 bridgehead atoms. The van der Waals surface area contributed by atoms with Gasteiger partial charge in [-0.05, 0) is 12.5 Å². The zero-order valence-electron chi connectivity index (χ0n) is 13.3. The minimum absolute atomic E-state index is 0.0497. The van der Waals surface area contributed by atoms with Crippen LogP contribution in [0.4, 0.5) is 11.6 Å². The van der Waals surface area contributed by atoms with E-state index in [1.807, 2.05) is 24.3 Å². The van der Waals surface area contributed by atoms with Crippen LogP contribution in [0.25, 0.3) is 11.3 Å². The number of ether oxygens (including phenoxy) is 1. The first-order valence-electron chi connectivity index (χ1n) is 7.72. The highest BCUT2D eigenvalue weighted by atomic mass is 16.5. The van der Waals surface area contributed by atoms with E-state index < -0.39 is 0 Å². The molecule has 2 aromatic rings. The van der Waals surface area contributed by atoms with E-state index in [1.165, 1.54) is 0 Å². The molecule has 6 heteroatoms. The number of nitrogens with one attached hydrogen (secondary N) is 2. The van der Waals surface area contributed by atoms with Crippen LogP contribution in [0, 0.1) is 0 Å². The molecule has 23 heavy (non-hydrogen) atoms. The van der Waals surface area contributed by atoms with E-state index >= 15 is 0 Å². The van der Waals surface area contributed by atoms with Crippen molar-refractivity contribution in [2.45, 2.75) is 25.8 Å². The Morgan fingerprint density at radius 2 is 2.22 bits per heavy atom. The maximum Gasteiger partial charge on any atom is 0.228 e. The number of carbonyl (C=O) groups is 1. The zero-order chi connectivity index (χ0) is 16.2. The van der Waals surface area contributed by atoms with Crippen LogP contribution in [0.5, 0.6) is 0 Å². The maximum absolute atomic E-state index is 12.0. The molecule has 1 aromatic heterocycles. The number of hydrogen-bond donors (Lipinski definition) is 2. The highest BCUT2D eigenvalue weighted by Crippen LogP contribution is 2.32. The van der Waals surface area contributed by atoms with E-state index in [2.05, 4.69) is 27.5 Å². The molecule has 6 nitrogen and oxygen atoms in total. The molecule has 2 heterocycles. The second-order valence-electron chi connectivity index (χ2n) is 5.54. The molecule has 1 amide bonds. The lowest BCUT2D eigenvalue weighted by Crippen LogP contribution is -2.25. The minimum Gasteiger partial charge on any atom is -0.383 e. The van der Waals surface area contributed by atoms with E-state index in [4.69, 9.17) is 4.74 Å². The van der Waals surface area contributed by atoms with E-state index in [1.54, 1.807) is 13.3 Å². The van der Waals surface area contributed by atoms with Gasteiger partial charge in [0.05, 0.1) is 30.5 Å². The summed E-state index contributed by atoms with van der Waals surface area (Å²) in [6.07, 6.45) is 2.91. The van der Waals surface area contributed by atoms with Crippen LogP contribution in [0.1, 0.15) is 18.9 Å². The van der Waals surface area contributed by atoms with Crippen LogP contribution in [0.15, 0.2) is 30.5 Å². The van der Waals surface area contributed by atoms with Crippen molar-refractivity contribution in [1.82, 2.24) is 9.97 Å². The molecule has 1 aliphatic rings. The molecule has 120 valence electrons. The fraction of sp³-hybridized carbons (Fsp3) is 0.353. The number of amides is 1. The van der Waals surface area contributed by atoms with Crippen LogP contribution >= 0.6 is 0 Å². The summed E-state index contributed by atoms with van der Waals surface area (Å²) in [6, 6.07) is 7.84. The summed E-state index contributed by atoms with van der Waals surface area (Å²) >= 11 is 0. The average Bonchev–Trinajstić information content (AvgIpc) is 2.69. The molecule has 0 aliphatic carbocycles. The van der Waals surface area contributed by atoms with Crippen molar-refractivity contribution in [1.29, 1.82) is 0 Å².